The zero-order chi connectivity index (χ0) is 6.69. The van der Waals surface area contributed by atoms with E-state index >= 15 is 0 Å². The van der Waals surface area contributed by atoms with Crippen LogP contribution in [-0.2, 0) is 4.79 Å². The van der Waals surface area contributed by atoms with E-state index in [2.05, 4.69) is 0 Å². The SMILES string of the molecule is [N-]=C1C=C[CH+]C=C1C=O. The molecule has 1 aliphatic rings. The molecule has 1 rings (SSSR count). The van der Waals surface area contributed by atoms with Crippen LogP contribution in [0.15, 0.2) is 23.8 Å². The standard InChI is InChI=1S/C7H5NO/c8-7-4-2-1-3-6(7)5-9/h1-5H. The minimum atomic E-state index is 0.0347. The fraction of sp³-hybridized carbons (Fsp3) is 0. The molecule has 0 spiro atoms. The van der Waals surface area contributed by atoms with E-state index in [1.54, 1.807) is 18.6 Å². The molecule has 44 valence electrons. The van der Waals surface area contributed by atoms with Gasteiger partial charge in [0.1, 0.15) is 5.57 Å². The fourth-order valence-electron chi connectivity index (χ4n) is 0.587. The van der Waals surface area contributed by atoms with E-state index in [-0.39, 0.29) is 5.71 Å². The molecular weight excluding hydrogens is 114 g/mol. The molecule has 1 aliphatic carbocycles. The highest BCUT2D eigenvalue weighted by molar-refractivity contribution is 6.22. The summed E-state index contributed by atoms with van der Waals surface area (Å²) in [7, 11) is 0. The third-order valence-electron chi connectivity index (χ3n) is 1.06. The Kier molecular flexibility index (Phi) is 1.49. The smallest absolute Gasteiger partial charge is 0.203 e. The largest absolute Gasteiger partial charge is 0.778 e. The Morgan fingerprint density at radius 2 is 2.44 bits per heavy atom. The molecule has 0 aliphatic heterocycles. The quantitative estimate of drug-likeness (QED) is 0.373. The lowest BCUT2D eigenvalue weighted by Crippen LogP contribution is -2.00. The van der Waals surface area contributed by atoms with E-state index in [1.807, 2.05) is 0 Å². The first-order chi connectivity index (χ1) is 4.34. The Morgan fingerprint density at radius 1 is 1.67 bits per heavy atom. The van der Waals surface area contributed by atoms with Gasteiger partial charge in [-0.15, -0.1) is 0 Å². The van der Waals surface area contributed by atoms with Crippen LogP contribution in [0, 0.1) is 6.42 Å². The Labute approximate surface area is 53.4 Å². The molecule has 0 heterocycles. The predicted molar refractivity (Wildman–Crippen MR) is 36.0 cm³/mol. The normalized spacial score (nSPS) is 16.4. The van der Waals surface area contributed by atoms with Crippen molar-refractivity contribution in [1.29, 1.82) is 0 Å². The summed E-state index contributed by atoms with van der Waals surface area (Å²) in [5, 5.41) is 8.88. The van der Waals surface area contributed by atoms with Crippen LogP contribution in [0.4, 0.5) is 0 Å². The lowest BCUT2D eigenvalue weighted by Gasteiger charge is -1.99. The zero-order valence-corrected chi connectivity index (χ0v) is 4.74. The van der Waals surface area contributed by atoms with Gasteiger partial charge in [-0.05, 0) is 5.71 Å². The topological polar surface area (TPSA) is 39.4 Å². The van der Waals surface area contributed by atoms with Gasteiger partial charge in [0.15, 0.2) is 0 Å². The van der Waals surface area contributed by atoms with Gasteiger partial charge in [0, 0.05) is 18.6 Å². The molecule has 0 saturated carbocycles. The van der Waals surface area contributed by atoms with Crippen molar-refractivity contribution < 1.29 is 4.79 Å². The van der Waals surface area contributed by atoms with Crippen LogP contribution in [0.3, 0.4) is 0 Å². The number of nitrogens with zero attached hydrogens (tertiary/aromatic N) is 1. The van der Waals surface area contributed by atoms with Crippen LogP contribution in [-0.4, -0.2) is 12.0 Å². The molecule has 0 amide bonds. The second-order valence-electron chi connectivity index (χ2n) is 1.68. The summed E-state index contributed by atoms with van der Waals surface area (Å²) in [6.07, 6.45) is 7.02. The maximum Gasteiger partial charge on any atom is 0.203 e. The molecule has 0 aromatic carbocycles. The van der Waals surface area contributed by atoms with Crippen LogP contribution in [0.5, 0.6) is 0 Å². The van der Waals surface area contributed by atoms with Crippen LogP contribution in [0.25, 0.3) is 5.41 Å². The molecule has 0 atom stereocenters. The van der Waals surface area contributed by atoms with Crippen molar-refractivity contribution in [3.8, 4) is 0 Å². The van der Waals surface area contributed by atoms with Gasteiger partial charge in [-0.3, -0.25) is 4.79 Å². The molecular formula is C7H5NO. The molecule has 0 aromatic heterocycles. The molecule has 0 aromatic rings. The van der Waals surface area contributed by atoms with Crippen molar-refractivity contribution >= 4 is 12.0 Å². The van der Waals surface area contributed by atoms with Crippen molar-refractivity contribution in [1.82, 2.24) is 0 Å². The first kappa shape index (κ1) is 5.82. The van der Waals surface area contributed by atoms with Crippen molar-refractivity contribution in [2.45, 2.75) is 0 Å². The van der Waals surface area contributed by atoms with Crippen LogP contribution < -0.4 is 0 Å². The number of carbonyl (C=O) groups excluding carboxylic acids is 1. The second kappa shape index (κ2) is 2.31. The summed E-state index contributed by atoms with van der Waals surface area (Å²) in [5.41, 5.74) is 0.366. The highest BCUT2D eigenvalue weighted by Gasteiger charge is 2.04. The molecule has 0 unspecified atom stereocenters. The van der Waals surface area contributed by atoms with Crippen LogP contribution in [0.1, 0.15) is 0 Å². The van der Waals surface area contributed by atoms with Gasteiger partial charge in [0.05, 0.1) is 6.08 Å². The molecule has 2 nitrogen and oxygen atoms in total. The lowest BCUT2D eigenvalue weighted by atomic mass is 10.1. The molecule has 0 saturated heterocycles. The fourth-order valence-corrected chi connectivity index (χ4v) is 0.587. The molecule has 0 fully saturated rings. The number of aldehydes is 1. The van der Waals surface area contributed by atoms with Gasteiger partial charge < -0.3 is 5.41 Å². The van der Waals surface area contributed by atoms with Crippen molar-refractivity contribution in [3.63, 3.8) is 0 Å². The first-order valence-corrected chi connectivity index (χ1v) is 2.58. The zero-order valence-electron chi connectivity index (χ0n) is 4.74. The van der Waals surface area contributed by atoms with Gasteiger partial charge in [0.25, 0.3) is 0 Å². The number of allylic oxidation sites excluding steroid dienone is 4. The van der Waals surface area contributed by atoms with E-state index in [9.17, 15) is 4.79 Å². The summed E-state index contributed by atoms with van der Waals surface area (Å²) in [5.74, 6) is 0. The predicted octanol–water partition coefficient (Wildman–Crippen LogP) is 0.896. The maximum atomic E-state index is 10.1. The number of hydrogen-bond acceptors (Lipinski definition) is 1. The monoisotopic (exact) mass is 119 g/mol. The Balaban J connectivity index is 2.82. The van der Waals surface area contributed by atoms with Gasteiger partial charge in [0.2, 0.25) is 6.29 Å². The van der Waals surface area contributed by atoms with Crippen molar-refractivity contribution in [3.05, 3.63) is 35.6 Å². The molecule has 9 heavy (non-hydrogen) atoms. The maximum absolute atomic E-state index is 10.1. The Hall–Kier alpha value is -1.31. The summed E-state index contributed by atoms with van der Waals surface area (Å²) in [6.45, 7) is 0. The Bertz CT molecular complexity index is 201. The average Bonchev–Trinajstić information content (AvgIpc) is 1.89. The van der Waals surface area contributed by atoms with E-state index in [4.69, 9.17) is 5.41 Å². The highest BCUT2D eigenvalue weighted by atomic mass is 16.1. The summed E-state index contributed by atoms with van der Waals surface area (Å²) < 4.78 is 0. The number of rotatable bonds is 1. The summed E-state index contributed by atoms with van der Waals surface area (Å²) in [6, 6.07) is 0. The molecule has 2 heteroatoms. The van der Waals surface area contributed by atoms with Gasteiger partial charge >= 0.3 is 0 Å². The minimum Gasteiger partial charge on any atom is -0.778 e. The highest BCUT2D eigenvalue weighted by Crippen LogP contribution is 2.03. The van der Waals surface area contributed by atoms with E-state index < -0.39 is 0 Å². The molecule has 0 N–H and O–H groups in total. The van der Waals surface area contributed by atoms with E-state index in [1.165, 1.54) is 6.08 Å². The summed E-state index contributed by atoms with van der Waals surface area (Å²) in [4.78, 5) is 10.1. The molecule has 0 bridgehead atoms. The van der Waals surface area contributed by atoms with Crippen LogP contribution >= 0.6 is 0 Å². The average molecular weight is 119 g/mol. The third-order valence-corrected chi connectivity index (χ3v) is 1.06. The van der Waals surface area contributed by atoms with Gasteiger partial charge in [-0.2, -0.15) is 0 Å². The number of carbonyl (C=O) groups is 1. The molecule has 0 radical (unpaired) electrons. The lowest BCUT2D eigenvalue weighted by molar-refractivity contribution is -0.104. The second-order valence-corrected chi connectivity index (χ2v) is 1.68. The third kappa shape index (κ3) is 1.08. The van der Waals surface area contributed by atoms with E-state index in [0.29, 0.717) is 11.9 Å². The van der Waals surface area contributed by atoms with Gasteiger partial charge in [-0.1, -0.05) is 0 Å². The van der Waals surface area contributed by atoms with Crippen molar-refractivity contribution in [2.24, 2.45) is 0 Å². The van der Waals surface area contributed by atoms with E-state index in [0.717, 1.165) is 0 Å². The summed E-state index contributed by atoms with van der Waals surface area (Å²) >= 11 is 0. The van der Waals surface area contributed by atoms with Gasteiger partial charge in [-0.25, -0.2) is 0 Å². The van der Waals surface area contributed by atoms with Crippen LogP contribution in [0.2, 0.25) is 0 Å². The number of hydrogen-bond donors (Lipinski definition) is 0. The first-order valence-electron chi connectivity index (χ1n) is 2.58. The minimum absolute atomic E-state index is 0.0347. The Morgan fingerprint density at radius 3 is 2.89 bits per heavy atom. The van der Waals surface area contributed by atoms with Crippen molar-refractivity contribution in [2.75, 3.05) is 0 Å².